The number of amides is 2. The molecule has 1 saturated carbocycles. The van der Waals surface area contributed by atoms with Gasteiger partial charge in [0.15, 0.2) is 0 Å². The van der Waals surface area contributed by atoms with Gasteiger partial charge in [-0.1, -0.05) is 19.8 Å². The van der Waals surface area contributed by atoms with Crippen molar-refractivity contribution in [2.75, 3.05) is 13.2 Å². The summed E-state index contributed by atoms with van der Waals surface area (Å²) in [5, 5.41) is 5.66. The minimum Gasteiger partial charge on any atom is -0.466 e. The van der Waals surface area contributed by atoms with Gasteiger partial charge in [-0.05, 0) is 25.7 Å². The van der Waals surface area contributed by atoms with Crippen molar-refractivity contribution in [1.82, 2.24) is 10.6 Å². The van der Waals surface area contributed by atoms with E-state index < -0.39 is 0 Å². The maximum atomic E-state index is 11.6. The lowest BCUT2D eigenvalue weighted by Crippen LogP contribution is -2.46. The summed E-state index contributed by atoms with van der Waals surface area (Å²) < 4.78 is 4.78. The Hall–Kier alpha value is -1.26. The van der Waals surface area contributed by atoms with Gasteiger partial charge in [-0.3, -0.25) is 4.79 Å². The molecule has 1 aliphatic rings. The van der Waals surface area contributed by atoms with E-state index in [9.17, 15) is 9.59 Å². The fourth-order valence-electron chi connectivity index (χ4n) is 2.26. The number of nitrogens with one attached hydrogen (secondary N) is 2. The van der Waals surface area contributed by atoms with Crippen LogP contribution in [0.5, 0.6) is 0 Å². The van der Waals surface area contributed by atoms with Crippen molar-refractivity contribution in [3.8, 4) is 0 Å². The average molecular weight is 256 g/mol. The highest BCUT2D eigenvalue weighted by molar-refractivity contribution is 5.75. The lowest BCUT2D eigenvalue weighted by atomic mass is 9.86. The molecule has 0 aromatic heterocycles. The van der Waals surface area contributed by atoms with Gasteiger partial charge in [-0.2, -0.15) is 0 Å². The van der Waals surface area contributed by atoms with Crippen molar-refractivity contribution in [2.45, 2.75) is 52.0 Å². The minimum absolute atomic E-state index is 0.182. The Kier molecular flexibility index (Phi) is 6.54. The molecule has 2 amide bonds. The third-order valence-electron chi connectivity index (χ3n) is 3.35. The fourth-order valence-corrected chi connectivity index (χ4v) is 2.26. The number of hydrogen-bond acceptors (Lipinski definition) is 3. The first-order valence-corrected chi connectivity index (χ1v) is 6.83. The first-order valence-electron chi connectivity index (χ1n) is 6.83. The summed E-state index contributed by atoms with van der Waals surface area (Å²) in [6, 6.07) is 0.0828. The molecule has 18 heavy (non-hydrogen) atoms. The standard InChI is InChI=1S/C13H24N2O3/c1-3-18-12(16)8-9-14-13(17)15-11-7-5-4-6-10(11)2/h10-11H,3-9H2,1-2H3,(H2,14,15,17)/t10-,11-/m1/s1. The molecule has 0 aromatic carbocycles. The number of urea groups is 1. The number of rotatable bonds is 5. The van der Waals surface area contributed by atoms with Crippen LogP contribution in [0, 0.1) is 5.92 Å². The second-order valence-corrected chi connectivity index (χ2v) is 4.82. The van der Waals surface area contributed by atoms with Gasteiger partial charge in [0.25, 0.3) is 0 Å². The Morgan fingerprint density at radius 3 is 2.67 bits per heavy atom. The van der Waals surface area contributed by atoms with Gasteiger partial charge in [0.1, 0.15) is 0 Å². The molecule has 0 saturated heterocycles. The Bertz CT molecular complexity index is 281. The minimum atomic E-state index is -0.274. The maximum Gasteiger partial charge on any atom is 0.315 e. The fraction of sp³-hybridized carbons (Fsp3) is 0.846. The van der Waals surface area contributed by atoms with Crippen molar-refractivity contribution >= 4 is 12.0 Å². The quantitative estimate of drug-likeness (QED) is 0.737. The van der Waals surface area contributed by atoms with E-state index >= 15 is 0 Å². The molecule has 5 nitrogen and oxygen atoms in total. The second-order valence-electron chi connectivity index (χ2n) is 4.82. The van der Waals surface area contributed by atoms with E-state index in [1.54, 1.807) is 6.92 Å². The number of carbonyl (C=O) groups excluding carboxylic acids is 2. The lowest BCUT2D eigenvalue weighted by molar-refractivity contribution is -0.142. The summed E-state index contributed by atoms with van der Waals surface area (Å²) in [6.45, 7) is 4.64. The van der Waals surface area contributed by atoms with Crippen LogP contribution in [0.25, 0.3) is 0 Å². The topological polar surface area (TPSA) is 67.4 Å². The smallest absolute Gasteiger partial charge is 0.315 e. The third kappa shape index (κ3) is 5.38. The SMILES string of the molecule is CCOC(=O)CCNC(=O)N[C@@H]1CCCC[C@H]1C. The zero-order valence-electron chi connectivity index (χ0n) is 11.3. The largest absolute Gasteiger partial charge is 0.466 e. The van der Waals surface area contributed by atoms with Crippen molar-refractivity contribution in [3.63, 3.8) is 0 Å². The third-order valence-corrected chi connectivity index (χ3v) is 3.35. The van der Waals surface area contributed by atoms with E-state index in [0.717, 1.165) is 6.42 Å². The summed E-state index contributed by atoms with van der Waals surface area (Å²) in [6.07, 6.45) is 4.88. The summed E-state index contributed by atoms with van der Waals surface area (Å²) in [5.74, 6) is 0.262. The van der Waals surface area contributed by atoms with E-state index in [1.165, 1.54) is 19.3 Å². The van der Waals surface area contributed by atoms with Crippen molar-refractivity contribution < 1.29 is 14.3 Å². The second kappa shape index (κ2) is 7.95. The van der Waals surface area contributed by atoms with Crippen LogP contribution in [0.15, 0.2) is 0 Å². The highest BCUT2D eigenvalue weighted by Crippen LogP contribution is 2.23. The van der Waals surface area contributed by atoms with Gasteiger partial charge in [0.2, 0.25) is 0 Å². The molecule has 0 heterocycles. The zero-order chi connectivity index (χ0) is 13.4. The zero-order valence-corrected chi connectivity index (χ0v) is 11.3. The monoisotopic (exact) mass is 256 g/mol. The van der Waals surface area contributed by atoms with Gasteiger partial charge < -0.3 is 15.4 Å². The molecule has 1 fully saturated rings. The molecule has 0 unspecified atom stereocenters. The summed E-state index contributed by atoms with van der Waals surface area (Å²) >= 11 is 0. The van der Waals surface area contributed by atoms with Gasteiger partial charge in [-0.15, -0.1) is 0 Å². The van der Waals surface area contributed by atoms with Crippen molar-refractivity contribution in [3.05, 3.63) is 0 Å². The molecule has 0 aromatic rings. The Balaban J connectivity index is 2.15. The van der Waals surface area contributed by atoms with Crippen LogP contribution in [-0.4, -0.2) is 31.2 Å². The van der Waals surface area contributed by atoms with E-state index in [1.807, 2.05) is 0 Å². The maximum absolute atomic E-state index is 11.6. The van der Waals surface area contributed by atoms with E-state index in [0.29, 0.717) is 19.1 Å². The molecule has 2 atom stereocenters. The molecule has 0 spiro atoms. The average Bonchev–Trinajstić information content (AvgIpc) is 2.32. The summed E-state index contributed by atoms with van der Waals surface area (Å²) in [4.78, 5) is 22.7. The molecular formula is C13H24N2O3. The van der Waals surface area contributed by atoms with Crippen molar-refractivity contribution in [2.24, 2.45) is 5.92 Å². The van der Waals surface area contributed by atoms with E-state index in [2.05, 4.69) is 17.6 Å². The predicted molar refractivity (Wildman–Crippen MR) is 69.2 cm³/mol. The molecule has 1 aliphatic carbocycles. The van der Waals surface area contributed by atoms with Crippen molar-refractivity contribution in [1.29, 1.82) is 0 Å². The van der Waals surface area contributed by atoms with Crippen LogP contribution < -0.4 is 10.6 Å². The van der Waals surface area contributed by atoms with Crippen LogP contribution in [-0.2, 0) is 9.53 Å². The van der Waals surface area contributed by atoms with E-state index in [-0.39, 0.29) is 24.5 Å². The number of ether oxygens (including phenoxy) is 1. The molecule has 5 heteroatoms. The normalized spacial score (nSPS) is 23.2. The summed E-state index contributed by atoms with van der Waals surface area (Å²) in [5.41, 5.74) is 0. The van der Waals surface area contributed by atoms with Crippen LogP contribution >= 0.6 is 0 Å². The van der Waals surface area contributed by atoms with Gasteiger partial charge in [0, 0.05) is 12.6 Å². The predicted octanol–water partition coefficient (Wildman–Crippen LogP) is 1.82. The first kappa shape index (κ1) is 14.8. The molecule has 2 N–H and O–H groups in total. The Morgan fingerprint density at radius 1 is 1.28 bits per heavy atom. The van der Waals surface area contributed by atoms with Gasteiger partial charge in [0.05, 0.1) is 13.0 Å². The first-order chi connectivity index (χ1) is 8.63. The molecule has 0 bridgehead atoms. The van der Waals surface area contributed by atoms with Crippen LogP contribution in [0.3, 0.4) is 0 Å². The number of esters is 1. The Labute approximate surface area is 109 Å². The van der Waals surface area contributed by atoms with Gasteiger partial charge in [-0.25, -0.2) is 4.79 Å². The summed E-state index contributed by atoms with van der Waals surface area (Å²) in [7, 11) is 0. The van der Waals surface area contributed by atoms with Crippen LogP contribution in [0.1, 0.15) is 46.0 Å². The van der Waals surface area contributed by atoms with Gasteiger partial charge >= 0.3 is 12.0 Å². The van der Waals surface area contributed by atoms with Crippen LogP contribution in [0.2, 0.25) is 0 Å². The highest BCUT2D eigenvalue weighted by atomic mass is 16.5. The number of carbonyl (C=O) groups is 2. The number of hydrogen-bond donors (Lipinski definition) is 2. The highest BCUT2D eigenvalue weighted by Gasteiger charge is 2.22. The molecule has 1 rings (SSSR count). The van der Waals surface area contributed by atoms with Crippen LogP contribution in [0.4, 0.5) is 4.79 Å². The molecule has 0 radical (unpaired) electrons. The molecule has 104 valence electrons. The lowest BCUT2D eigenvalue weighted by Gasteiger charge is -2.29. The van der Waals surface area contributed by atoms with E-state index in [4.69, 9.17) is 4.74 Å². The molecular weight excluding hydrogens is 232 g/mol. The molecule has 0 aliphatic heterocycles. The Morgan fingerprint density at radius 2 is 2.00 bits per heavy atom.